The van der Waals surface area contributed by atoms with E-state index in [2.05, 4.69) is 0 Å². The Morgan fingerprint density at radius 2 is 1.37 bits per heavy atom. The Hall–Kier alpha value is -1.83. The highest BCUT2D eigenvalue weighted by atomic mass is 16.6. The van der Waals surface area contributed by atoms with Crippen LogP contribution in [-0.2, 0) is 19.0 Å². The number of esters is 1. The number of methoxy groups -OCH3 is 1. The van der Waals surface area contributed by atoms with Gasteiger partial charge in [0.15, 0.2) is 0 Å². The second-order valence-electron chi connectivity index (χ2n) is 8.47. The van der Waals surface area contributed by atoms with Crippen molar-refractivity contribution < 1.29 is 28.6 Å². The first-order chi connectivity index (χ1) is 12.2. The topological polar surface area (TPSA) is 108 Å². The SMILES string of the molecule is CCC(N)CCC[C@@H](C(=O)OC)N(C(=O)OC(C)(C)C)C(=O)OC(C)(C)C. The highest BCUT2D eigenvalue weighted by Gasteiger charge is 2.40. The Morgan fingerprint density at radius 3 is 1.70 bits per heavy atom. The summed E-state index contributed by atoms with van der Waals surface area (Å²) in [5.74, 6) is -0.711. The standard InChI is InChI=1S/C19H36N2O6/c1-9-13(20)11-10-12-14(15(22)25-8)21(16(23)26-18(2,3)4)17(24)27-19(5,6)7/h13-14H,9-12,20H2,1-8H3/t13?,14-/m0/s1. The minimum Gasteiger partial charge on any atom is -0.467 e. The highest BCUT2D eigenvalue weighted by molar-refractivity contribution is 5.94. The second-order valence-corrected chi connectivity index (χ2v) is 8.47. The lowest BCUT2D eigenvalue weighted by molar-refractivity contribution is -0.147. The van der Waals surface area contributed by atoms with Gasteiger partial charge in [0, 0.05) is 6.04 Å². The molecular weight excluding hydrogens is 352 g/mol. The molecule has 0 spiro atoms. The molecule has 0 radical (unpaired) electrons. The van der Waals surface area contributed by atoms with Gasteiger partial charge in [-0.3, -0.25) is 0 Å². The zero-order valence-corrected chi connectivity index (χ0v) is 18.0. The van der Waals surface area contributed by atoms with E-state index in [1.165, 1.54) is 7.11 Å². The number of ether oxygens (including phenoxy) is 3. The molecule has 0 saturated heterocycles. The predicted octanol–water partition coefficient (Wildman–Crippen LogP) is 3.61. The number of rotatable bonds is 7. The van der Waals surface area contributed by atoms with E-state index in [-0.39, 0.29) is 12.5 Å². The first kappa shape index (κ1) is 25.2. The molecule has 8 heteroatoms. The number of hydrogen-bond acceptors (Lipinski definition) is 7. The fraction of sp³-hybridized carbons (Fsp3) is 0.842. The molecule has 0 rings (SSSR count). The number of amides is 2. The largest absolute Gasteiger partial charge is 0.467 e. The molecular formula is C19H36N2O6. The van der Waals surface area contributed by atoms with Gasteiger partial charge in [-0.25, -0.2) is 14.4 Å². The van der Waals surface area contributed by atoms with Crippen LogP contribution in [0.4, 0.5) is 9.59 Å². The average molecular weight is 389 g/mol. The van der Waals surface area contributed by atoms with Crippen LogP contribution in [0.3, 0.4) is 0 Å². The van der Waals surface area contributed by atoms with Gasteiger partial charge in [0.1, 0.15) is 17.2 Å². The van der Waals surface area contributed by atoms with Gasteiger partial charge in [-0.1, -0.05) is 6.92 Å². The summed E-state index contributed by atoms with van der Waals surface area (Å²) in [5.41, 5.74) is 4.23. The first-order valence-corrected chi connectivity index (χ1v) is 9.30. The average Bonchev–Trinajstić information content (AvgIpc) is 2.49. The van der Waals surface area contributed by atoms with Crippen molar-refractivity contribution in [2.75, 3.05) is 7.11 Å². The molecule has 2 amide bonds. The van der Waals surface area contributed by atoms with E-state index in [1.807, 2.05) is 6.92 Å². The lowest BCUT2D eigenvalue weighted by Gasteiger charge is -2.32. The van der Waals surface area contributed by atoms with Gasteiger partial charge >= 0.3 is 18.2 Å². The fourth-order valence-corrected chi connectivity index (χ4v) is 2.22. The maximum Gasteiger partial charge on any atom is 0.420 e. The van der Waals surface area contributed by atoms with Crippen LogP contribution in [0.25, 0.3) is 0 Å². The van der Waals surface area contributed by atoms with E-state index < -0.39 is 35.4 Å². The summed E-state index contributed by atoms with van der Waals surface area (Å²) in [7, 11) is 1.20. The van der Waals surface area contributed by atoms with Crippen LogP contribution in [0.1, 0.15) is 74.1 Å². The van der Waals surface area contributed by atoms with Gasteiger partial charge in [-0.15, -0.1) is 0 Å². The number of nitrogens with two attached hydrogens (primary N) is 1. The Morgan fingerprint density at radius 1 is 0.926 bits per heavy atom. The van der Waals surface area contributed by atoms with E-state index in [1.54, 1.807) is 41.5 Å². The monoisotopic (exact) mass is 388 g/mol. The summed E-state index contributed by atoms with van der Waals surface area (Å²) < 4.78 is 15.4. The summed E-state index contributed by atoms with van der Waals surface area (Å²) in [6, 6.07) is -1.16. The molecule has 0 aliphatic carbocycles. The van der Waals surface area contributed by atoms with Crippen LogP contribution in [-0.4, -0.2) is 53.5 Å². The van der Waals surface area contributed by atoms with Crippen molar-refractivity contribution in [1.29, 1.82) is 0 Å². The van der Waals surface area contributed by atoms with E-state index in [9.17, 15) is 14.4 Å². The van der Waals surface area contributed by atoms with E-state index in [4.69, 9.17) is 19.9 Å². The first-order valence-electron chi connectivity index (χ1n) is 9.30. The summed E-state index contributed by atoms with van der Waals surface area (Å²) >= 11 is 0. The third-order valence-electron chi connectivity index (χ3n) is 3.54. The second kappa shape index (κ2) is 10.5. The van der Waals surface area contributed by atoms with E-state index in [0.29, 0.717) is 17.7 Å². The fourth-order valence-electron chi connectivity index (χ4n) is 2.22. The molecule has 1 unspecified atom stereocenters. The molecule has 0 saturated carbocycles. The predicted molar refractivity (Wildman–Crippen MR) is 102 cm³/mol. The van der Waals surface area contributed by atoms with Crippen LogP contribution in [0.2, 0.25) is 0 Å². The minimum atomic E-state index is -1.15. The summed E-state index contributed by atoms with van der Waals surface area (Å²) in [5, 5.41) is 0. The quantitative estimate of drug-likeness (QED) is 0.524. The van der Waals surface area contributed by atoms with Gasteiger partial charge in [0.25, 0.3) is 0 Å². The maximum atomic E-state index is 12.7. The van der Waals surface area contributed by atoms with Gasteiger partial charge in [-0.05, 0) is 67.2 Å². The zero-order valence-electron chi connectivity index (χ0n) is 18.0. The van der Waals surface area contributed by atoms with Crippen molar-refractivity contribution in [2.24, 2.45) is 5.73 Å². The lowest BCUT2D eigenvalue weighted by atomic mass is 10.0. The highest BCUT2D eigenvalue weighted by Crippen LogP contribution is 2.20. The Bertz CT molecular complexity index is 479. The van der Waals surface area contributed by atoms with Crippen molar-refractivity contribution in [1.82, 2.24) is 4.90 Å². The number of imide groups is 1. The van der Waals surface area contributed by atoms with Crippen molar-refractivity contribution in [2.45, 2.75) is 97.4 Å². The van der Waals surface area contributed by atoms with Crippen LogP contribution in [0.5, 0.6) is 0 Å². The Kier molecular flexibility index (Phi) is 9.78. The summed E-state index contributed by atoms with van der Waals surface area (Å²) in [6.07, 6.45) is 0.292. The molecule has 0 heterocycles. The van der Waals surface area contributed by atoms with Crippen LogP contribution >= 0.6 is 0 Å². The normalized spacial score (nSPS) is 14.1. The number of carbonyl (C=O) groups is 3. The molecule has 0 aromatic rings. The van der Waals surface area contributed by atoms with Crippen molar-refractivity contribution in [3.05, 3.63) is 0 Å². The molecule has 0 aromatic carbocycles. The minimum absolute atomic E-state index is 0.0141. The number of carbonyl (C=O) groups excluding carboxylic acids is 3. The van der Waals surface area contributed by atoms with Crippen LogP contribution in [0, 0.1) is 0 Å². The smallest absolute Gasteiger partial charge is 0.420 e. The summed E-state index contributed by atoms with van der Waals surface area (Å²) in [6.45, 7) is 12.0. The van der Waals surface area contributed by atoms with Gasteiger partial charge in [0.2, 0.25) is 0 Å². The third-order valence-corrected chi connectivity index (χ3v) is 3.54. The molecule has 158 valence electrons. The van der Waals surface area contributed by atoms with Crippen molar-refractivity contribution >= 4 is 18.2 Å². The zero-order chi connectivity index (χ0) is 21.4. The molecule has 0 fully saturated rings. The van der Waals surface area contributed by atoms with Crippen LogP contribution in [0.15, 0.2) is 0 Å². The van der Waals surface area contributed by atoms with E-state index >= 15 is 0 Å². The van der Waals surface area contributed by atoms with Gasteiger partial charge in [-0.2, -0.15) is 4.90 Å². The molecule has 2 N–H and O–H groups in total. The third kappa shape index (κ3) is 10.2. The van der Waals surface area contributed by atoms with Gasteiger partial charge in [0.05, 0.1) is 7.11 Å². The van der Waals surface area contributed by atoms with Crippen molar-refractivity contribution in [3.63, 3.8) is 0 Å². The number of nitrogens with zero attached hydrogens (tertiary/aromatic N) is 1. The van der Waals surface area contributed by atoms with E-state index in [0.717, 1.165) is 6.42 Å². The number of hydrogen-bond donors (Lipinski definition) is 1. The molecule has 2 atom stereocenters. The maximum absolute atomic E-state index is 12.7. The van der Waals surface area contributed by atoms with Gasteiger partial charge < -0.3 is 19.9 Å². The molecule has 0 aromatic heterocycles. The van der Waals surface area contributed by atoms with Crippen molar-refractivity contribution in [3.8, 4) is 0 Å². The molecule has 0 aliphatic heterocycles. The summed E-state index contributed by atoms with van der Waals surface area (Å²) in [4.78, 5) is 38.4. The molecule has 8 nitrogen and oxygen atoms in total. The van der Waals surface area contributed by atoms with Crippen LogP contribution < -0.4 is 5.73 Å². The molecule has 0 bridgehead atoms. The molecule has 27 heavy (non-hydrogen) atoms. The molecule has 0 aliphatic rings. The Labute approximate surface area is 162 Å². The Balaban J connectivity index is 5.64. The lowest BCUT2D eigenvalue weighted by Crippen LogP contribution is -2.52.